The van der Waals surface area contributed by atoms with Crippen molar-refractivity contribution in [2.24, 2.45) is 0 Å². The Labute approximate surface area is 458 Å². The molecule has 18 rings (SSSR count). The number of aliphatic hydroxyl groups is 12. The average Bonchev–Trinajstić information content (AvgIpc) is 1.48. The van der Waals surface area contributed by atoms with Crippen molar-refractivity contribution in [1.29, 1.82) is 0 Å². The molecule has 0 bridgehead atoms. The number of hydrogen-bond donors (Lipinski definition) is 12. The Morgan fingerprint density at radius 1 is 0.143 bits per heavy atom. The monoisotopic (exact) mass is 1190 g/mol. The molecular formula is C36H36N24O24. The third kappa shape index (κ3) is 3.38. The zero-order valence-corrected chi connectivity index (χ0v) is 41.5. The predicted octanol–water partition coefficient (Wildman–Crippen LogP) is -13.8. The summed E-state index contributed by atoms with van der Waals surface area (Å²) in [5, 5.41) is 158. The van der Waals surface area contributed by atoms with Gasteiger partial charge in [0.2, 0.25) is 0 Å². The first-order valence-electron chi connectivity index (χ1n) is 25.0. The van der Waals surface area contributed by atoms with Crippen molar-refractivity contribution in [2.45, 2.75) is 70.2 Å². The van der Waals surface area contributed by atoms with Crippen LogP contribution in [0.2, 0.25) is 0 Å². The molecule has 0 atom stereocenters. The van der Waals surface area contributed by atoms with Crippen LogP contribution in [0, 0.1) is 0 Å². The molecule has 0 radical (unpaired) electrons. The lowest BCUT2D eigenvalue weighted by molar-refractivity contribution is -0.373. The minimum Gasteiger partial charge on any atom is -0.348 e. The Balaban J connectivity index is 0.893. The number of carbonyl (C=O) groups is 12. The normalized spacial score (nSPS) is 47.0. The van der Waals surface area contributed by atoms with Crippen LogP contribution in [0.1, 0.15) is 0 Å². The van der Waals surface area contributed by atoms with E-state index in [2.05, 4.69) is 0 Å². The van der Waals surface area contributed by atoms with E-state index in [0.717, 1.165) is 0 Å². The number of hydrogen-bond acceptors (Lipinski definition) is 24. The van der Waals surface area contributed by atoms with Crippen LogP contribution in [0.5, 0.6) is 0 Å². The first-order valence-corrected chi connectivity index (χ1v) is 25.0. The van der Waals surface area contributed by atoms with Crippen LogP contribution in [0.4, 0.5) is 57.5 Å². The highest BCUT2D eigenvalue weighted by molar-refractivity contribution is 5.97. The molecule has 24 amide bonds. The Bertz CT molecular complexity index is 2670. The molecule has 0 unspecified atom stereocenters. The van der Waals surface area contributed by atoms with Gasteiger partial charge in [0, 0.05) is 0 Å². The standard InChI is InChI=1S/C36H36N24O24/c61-13-37-1-38-14(62)40-3-46-18(66)50-8-54-22(70)58-11-57-21(69)53-7-49-17(65)45-2-39(13)27(75)25(37,73)41-4-42-16(64)44(28(40,76)26(38,42)74)6-48-20(68)52(32(50,80)30(46,48)78)10-56-24(72)60(36(58,84)34(54,56)82)12-59-23(71)55(33(53,81)35(57,59)83)9-51-19(67)47(5-43(27)15(41)63)29(45,77)31(49,51)79/h73-84H,1-12H2. The third-order valence-corrected chi connectivity index (χ3v) is 20.7. The van der Waals surface area contributed by atoms with Crippen LogP contribution in [0.3, 0.4) is 0 Å². The van der Waals surface area contributed by atoms with Crippen molar-refractivity contribution >= 4 is 72.4 Å². The summed E-state index contributed by atoms with van der Waals surface area (Å²) in [4.78, 5) is 186. The second-order valence-corrected chi connectivity index (χ2v) is 23.0. The lowest BCUT2D eigenvalue weighted by Gasteiger charge is -2.50. The van der Waals surface area contributed by atoms with Gasteiger partial charge < -0.3 is 61.3 Å². The molecule has 0 aromatic carbocycles. The van der Waals surface area contributed by atoms with Crippen LogP contribution in [-0.2, 0) is 0 Å². The Kier molecular flexibility index (Phi) is 6.58. The van der Waals surface area contributed by atoms with E-state index in [-0.39, 0.29) is 118 Å². The highest BCUT2D eigenvalue weighted by Gasteiger charge is 2.94. The first kappa shape index (κ1) is 47.3. The van der Waals surface area contributed by atoms with Gasteiger partial charge in [-0.15, -0.1) is 0 Å². The Hall–Kier alpha value is -9.24. The average molecular weight is 1190 g/mol. The molecule has 18 heterocycles. The summed E-state index contributed by atoms with van der Waals surface area (Å²) in [5.41, 5.74) is 0. The third-order valence-electron chi connectivity index (χ3n) is 20.7. The fourth-order valence-electron chi connectivity index (χ4n) is 16.6. The number of amides is 24. The molecule has 444 valence electrons. The molecule has 18 aliphatic heterocycles. The lowest BCUT2D eigenvalue weighted by Crippen LogP contribution is -2.78. The molecular weight excluding hydrogens is 1150 g/mol. The maximum atomic E-state index is 15.3. The summed E-state index contributed by atoms with van der Waals surface area (Å²) in [6.07, 6.45) is 0. The fraction of sp³-hybridized carbons (Fsp3) is 0.667. The van der Waals surface area contributed by atoms with E-state index in [4.69, 9.17) is 0 Å². The zero-order valence-electron chi connectivity index (χ0n) is 41.5. The molecule has 0 saturated carbocycles. The van der Waals surface area contributed by atoms with E-state index in [9.17, 15) is 61.3 Å². The number of rotatable bonds is 0. The number of nitrogens with zero attached hydrogens (tertiary/aromatic N) is 24. The van der Waals surface area contributed by atoms with Crippen molar-refractivity contribution in [1.82, 2.24) is 118 Å². The van der Waals surface area contributed by atoms with Crippen LogP contribution >= 0.6 is 0 Å². The van der Waals surface area contributed by atoms with E-state index in [0.29, 0.717) is 0 Å². The lowest BCUT2D eigenvalue weighted by atomic mass is 10.1. The van der Waals surface area contributed by atoms with Crippen LogP contribution in [0.15, 0.2) is 0 Å². The van der Waals surface area contributed by atoms with Gasteiger partial charge in [-0.05, 0) is 0 Å². The maximum absolute atomic E-state index is 15.3. The minimum absolute atomic E-state index is 0.0747. The van der Waals surface area contributed by atoms with E-state index >= 15 is 57.5 Å². The number of carbonyl (C=O) groups excluding carboxylic acids is 12. The largest absolute Gasteiger partial charge is 0.348 e. The summed E-state index contributed by atoms with van der Waals surface area (Å²) in [5.74, 6) is -45.0. The predicted molar refractivity (Wildman–Crippen MR) is 227 cm³/mol. The van der Waals surface area contributed by atoms with Gasteiger partial charge in [-0.3, -0.25) is 118 Å². The van der Waals surface area contributed by atoms with Crippen molar-refractivity contribution in [3.05, 3.63) is 0 Å². The summed E-state index contributed by atoms with van der Waals surface area (Å²) in [6.45, 7) is -20.5. The summed E-state index contributed by atoms with van der Waals surface area (Å²) >= 11 is 0. The van der Waals surface area contributed by atoms with Gasteiger partial charge in [0.15, 0.2) is 0 Å². The molecule has 0 aliphatic carbocycles. The van der Waals surface area contributed by atoms with Gasteiger partial charge in [0.25, 0.3) is 0 Å². The summed E-state index contributed by atoms with van der Waals surface area (Å²) in [6, 6.07) is -21.4. The SMILES string of the molecule is O=C1N2CN3C(=O)N4CN5C(=O)N6CN7C(=O)N8CN9C(=O)N%10CN%11C(=O)N%12CN1C1(O)N%13CN%14C(=O)N(CN%15C(=O)N(CN%16C(=O)N(CN%17C(=O)N(CN%18C(=O)N(CN(C%13=O)C21O)C3(O)C4%18O)C5(O)C6%17O)C7(O)C8%16O)C9(O)C%10%15O)C%11(O)C%12%14O. The molecule has 18 saturated heterocycles. The van der Waals surface area contributed by atoms with E-state index in [1.54, 1.807) is 0 Å². The fourth-order valence-corrected chi connectivity index (χ4v) is 16.6. The first-order chi connectivity index (χ1) is 39.2. The van der Waals surface area contributed by atoms with E-state index in [1.807, 2.05) is 0 Å². The zero-order chi connectivity index (χ0) is 59.3. The minimum atomic E-state index is -3.75. The van der Waals surface area contributed by atoms with Gasteiger partial charge in [0.1, 0.15) is 80.0 Å². The molecule has 48 heteroatoms. The second-order valence-electron chi connectivity index (χ2n) is 23.0. The molecule has 12 N–H and O–H groups in total. The molecule has 0 aromatic heterocycles. The Morgan fingerprint density at radius 2 is 0.190 bits per heavy atom. The quantitative estimate of drug-likeness (QED) is 0.107. The number of urea groups is 12. The van der Waals surface area contributed by atoms with Gasteiger partial charge in [-0.25, -0.2) is 57.5 Å². The van der Waals surface area contributed by atoms with Crippen LogP contribution in [-0.4, -0.2) is 401 Å². The highest BCUT2D eigenvalue weighted by atomic mass is 16.5. The van der Waals surface area contributed by atoms with Crippen molar-refractivity contribution in [2.75, 3.05) is 80.0 Å². The van der Waals surface area contributed by atoms with E-state index in [1.165, 1.54) is 0 Å². The van der Waals surface area contributed by atoms with Gasteiger partial charge in [-0.2, -0.15) is 0 Å². The van der Waals surface area contributed by atoms with Crippen molar-refractivity contribution < 1.29 is 119 Å². The second kappa shape index (κ2) is 11.7. The van der Waals surface area contributed by atoms with Gasteiger partial charge >= 0.3 is 143 Å². The molecule has 48 nitrogen and oxygen atoms in total. The van der Waals surface area contributed by atoms with Gasteiger partial charge in [0.05, 0.1) is 0 Å². The van der Waals surface area contributed by atoms with Crippen molar-refractivity contribution in [3.63, 3.8) is 0 Å². The molecule has 18 fully saturated rings. The highest BCUT2D eigenvalue weighted by Crippen LogP contribution is 2.64. The Morgan fingerprint density at radius 3 is 0.238 bits per heavy atom. The smallest absolute Gasteiger partial charge is 0.330 e. The molecule has 0 spiro atoms. The molecule has 18 aliphatic rings. The molecule has 84 heavy (non-hydrogen) atoms. The van der Waals surface area contributed by atoms with Crippen LogP contribution < -0.4 is 0 Å². The van der Waals surface area contributed by atoms with E-state index < -0.39 is 223 Å². The van der Waals surface area contributed by atoms with Crippen molar-refractivity contribution in [3.8, 4) is 0 Å². The topological polar surface area (TPSA) is 525 Å². The summed E-state index contributed by atoms with van der Waals surface area (Å²) < 4.78 is 0. The molecule has 0 aromatic rings. The summed E-state index contributed by atoms with van der Waals surface area (Å²) in [7, 11) is 0. The van der Waals surface area contributed by atoms with Gasteiger partial charge in [-0.1, -0.05) is 0 Å². The van der Waals surface area contributed by atoms with Crippen LogP contribution in [0.25, 0.3) is 0 Å². The maximum Gasteiger partial charge on any atom is 0.330 e.